The molecule has 1 radical (unpaired) electrons. The van der Waals surface area contributed by atoms with E-state index in [1.807, 2.05) is 31.2 Å². The fourth-order valence-electron chi connectivity index (χ4n) is 2.37. The Hall–Kier alpha value is -1.35. The highest BCUT2D eigenvalue weighted by Gasteiger charge is 2.15. The Bertz CT molecular complexity index is 397. The van der Waals surface area contributed by atoms with Gasteiger partial charge in [-0.2, -0.15) is 0 Å². The number of amides is 1. The van der Waals surface area contributed by atoms with Gasteiger partial charge in [-0.05, 0) is 49.8 Å². The van der Waals surface area contributed by atoms with Crippen LogP contribution in [0.25, 0.3) is 0 Å². The minimum Gasteiger partial charge on any atom is -0.326 e. The zero-order chi connectivity index (χ0) is 12.8. The Labute approximate surface area is 109 Å². The van der Waals surface area contributed by atoms with Crippen LogP contribution in [0.4, 0.5) is 5.69 Å². The lowest BCUT2D eigenvalue weighted by Crippen LogP contribution is -2.25. The molecule has 3 nitrogen and oxygen atoms in total. The summed E-state index contributed by atoms with van der Waals surface area (Å²) in [6.45, 7) is 3.98. The van der Waals surface area contributed by atoms with Gasteiger partial charge in [0.15, 0.2) is 0 Å². The van der Waals surface area contributed by atoms with Gasteiger partial charge in [0.25, 0.3) is 0 Å². The third kappa shape index (κ3) is 4.15. The van der Waals surface area contributed by atoms with E-state index in [4.69, 9.17) is 0 Å². The van der Waals surface area contributed by atoms with Crippen molar-refractivity contribution < 1.29 is 4.79 Å². The molecule has 1 atom stereocenters. The van der Waals surface area contributed by atoms with E-state index in [2.05, 4.69) is 10.6 Å². The molecule has 0 spiro atoms. The third-order valence-corrected chi connectivity index (χ3v) is 3.40. The maximum atomic E-state index is 11.8. The number of anilines is 1. The number of hydrogen-bond donors (Lipinski definition) is 1. The number of piperidine rings is 1. The molecule has 0 saturated carbocycles. The first-order chi connectivity index (χ1) is 8.74. The molecule has 0 aliphatic carbocycles. The second-order valence-electron chi connectivity index (χ2n) is 5.09. The largest absolute Gasteiger partial charge is 0.326 e. The molecule has 1 saturated heterocycles. The maximum absolute atomic E-state index is 11.8. The zero-order valence-corrected chi connectivity index (χ0v) is 11.0. The molecular formula is C15H21N2O. The predicted molar refractivity (Wildman–Crippen MR) is 73.6 cm³/mol. The number of nitrogens with one attached hydrogen (secondary N) is 1. The average Bonchev–Trinajstić information content (AvgIpc) is 2.38. The summed E-state index contributed by atoms with van der Waals surface area (Å²) in [6.07, 6.45) is 3.97. The van der Waals surface area contributed by atoms with Crippen molar-refractivity contribution in [3.63, 3.8) is 0 Å². The number of carbonyl (C=O) groups is 1. The van der Waals surface area contributed by atoms with Crippen LogP contribution in [-0.2, 0) is 4.79 Å². The van der Waals surface area contributed by atoms with E-state index >= 15 is 0 Å². The SMILES string of the molecule is Cc1cccc(NC(=O)CCC2CCC[N]C2)c1. The van der Waals surface area contributed by atoms with Gasteiger partial charge in [0.1, 0.15) is 0 Å². The van der Waals surface area contributed by atoms with Crippen molar-refractivity contribution in [2.75, 3.05) is 18.4 Å². The third-order valence-electron chi connectivity index (χ3n) is 3.40. The van der Waals surface area contributed by atoms with E-state index in [0.29, 0.717) is 12.3 Å². The van der Waals surface area contributed by atoms with Crippen LogP contribution in [-0.4, -0.2) is 19.0 Å². The van der Waals surface area contributed by atoms with E-state index in [1.54, 1.807) is 0 Å². The Morgan fingerprint density at radius 3 is 3.11 bits per heavy atom. The molecule has 1 amide bonds. The molecule has 1 unspecified atom stereocenters. The molecule has 0 bridgehead atoms. The number of nitrogens with zero attached hydrogens (tertiary/aromatic N) is 1. The van der Waals surface area contributed by atoms with Crippen molar-refractivity contribution >= 4 is 11.6 Å². The van der Waals surface area contributed by atoms with Crippen molar-refractivity contribution in [3.8, 4) is 0 Å². The van der Waals surface area contributed by atoms with Crippen LogP contribution in [0.5, 0.6) is 0 Å². The molecule has 18 heavy (non-hydrogen) atoms. The zero-order valence-electron chi connectivity index (χ0n) is 11.0. The smallest absolute Gasteiger partial charge is 0.224 e. The van der Waals surface area contributed by atoms with Crippen LogP contribution in [0, 0.1) is 12.8 Å². The molecule has 3 heteroatoms. The van der Waals surface area contributed by atoms with Crippen LogP contribution in [0.15, 0.2) is 24.3 Å². The molecule has 1 aromatic rings. The number of rotatable bonds is 4. The van der Waals surface area contributed by atoms with Crippen LogP contribution in [0.2, 0.25) is 0 Å². The predicted octanol–water partition coefficient (Wildman–Crippen LogP) is 2.73. The van der Waals surface area contributed by atoms with Crippen LogP contribution in [0.3, 0.4) is 0 Å². The molecule has 1 heterocycles. The summed E-state index contributed by atoms with van der Waals surface area (Å²) in [5.74, 6) is 0.730. The summed E-state index contributed by atoms with van der Waals surface area (Å²) >= 11 is 0. The highest BCUT2D eigenvalue weighted by molar-refractivity contribution is 5.90. The van der Waals surface area contributed by atoms with Gasteiger partial charge in [0, 0.05) is 25.2 Å². The molecule has 2 rings (SSSR count). The highest BCUT2D eigenvalue weighted by Crippen LogP contribution is 2.17. The highest BCUT2D eigenvalue weighted by atomic mass is 16.1. The normalized spacial score (nSPS) is 19.5. The lowest BCUT2D eigenvalue weighted by molar-refractivity contribution is -0.116. The molecule has 1 aliphatic heterocycles. The summed E-state index contributed by atoms with van der Waals surface area (Å²) < 4.78 is 0. The Morgan fingerprint density at radius 1 is 1.50 bits per heavy atom. The van der Waals surface area contributed by atoms with Gasteiger partial charge in [-0.25, -0.2) is 5.32 Å². The molecule has 0 aromatic heterocycles. The van der Waals surface area contributed by atoms with Gasteiger partial charge in [-0.1, -0.05) is 12.1 Å². The quantitative estimate of drug-likeness (QED) is 0.870. The Morgan fingerprint density at radius 2 is 2.39 bits per heavy atom. The van der Waals surface area contributed by atoms with E-state index in [9.17, 15) is 4.79 Å². The van der Waals surface area contributed by atoms with Crippen molar-refractivity contribution in [2.24, 2.45) is 5.92 Å². The van der Waals surface area contributed by atoms with E-state index in [0.717, 1.165) is 25.2 Å². The molecule has 1 fully saturated rings. The summed E-state index contributed by atoms with van der Waals surface area (Å²) in [7, 11) is 0. The van der Waals surface area contributed by atoms with Crippen molar-refractivity contribution in [3.05, 3.63) is 29.8 Å². The van der Waals surface area contributed by atoms with Crippen molar-refractivity contribution in [1.82, 2.24) is 5.32 Å². The summed E-state index contributed by atoms with van der Waals surface area (Å²) in [6, 6.07) is 7.92. The van der Waals surface area contributed by atoms with Crippen molar-refractivity contribution in [1.29, 1.82) is 0 Å². The monoisotopic (exact) mass is 245 g/mol. The van der Waals surface area contributed by atoms with E-state index in [1.165, 1.54) is 18.4 Å². The molecular weight excluding hydrogens is 224 g/mol. The first-order valence-corrected chi connectivity index (χ1v) is 6.74. The minimum absolute atomic E-state index is 0.117. The second-order valence-corrected chi connectivity index (χ2v) is 5.09. The van der Waals surface area contributed by atoms with Crippen LogP contribution < -0.4 is 10.6 Å². The minimum atomic E-state index is 0.117. The van der Waals surface area contributed by atoms with E-state index in [-0.39, 0.29) is 5.91 Å². The molecule has 1 aliphatic rings. The number of carbonyl (C=O) groups excluding carboxylic acids is 1. The molecule has 1 N–H and O–H groups in total. The lowest BCUT2D eigenvalue weighted by atomic mass is 9.94. The second kappa shape index (κ2) is 6.55. The first kappa shape index (κ1) is 13.1. The van der Waals surface area contributed by atoms with Crippen LogP contribution >= 0.6 is 0 Å². The van der Waals surface area contributed by atoms with E-state index < -0.39 is 0 Å². The topological polar surface area (TPSA) is 43.2 Å². The Balaban J connectivity index is 1.74. The summed E-state index contributed by atoms with van der Waals surface area (Å²) in [5.41, 5.74) is 2.06. The average molecular weight is 245 g/mol. The van der Waals surface area contributed by atoms with Gasteiger partial charge in [0.2, 0.25) is 5.91 Å². The van der Waals surface area contributed by atoms with Gasteiger partial charge in [-0.3, -0.25) is 4.79 Å². The Kier molecular flexibility index (Phi) is 4.76. The number of benzene rings is 1. The molecule has 97 valence electrons. The van der Waals surface area contributed by atoms with Gasteiger partial charge < -0.3 is 5.32 Å². The summed E-state index contributed by atoms with van der Waals surface area (Å²) in [5, 5.41) is 7.35. The number of hydrogen-bond acceptors (Lipinski definition) is 1. The standard InChI is InChI=1S/C15H21N2O/c1-12-4-2-6-14(10-12)17-15(18)8-7-13-5-3-9-16-11-13/h2,4,6,10,13H,3,5,7-9,11H2,1H3,(H,17,18). The lowest BCUT2D eigenvalue weighted by Gasteiger charge is -2.20. The first-order valence-electron chi connectivity index (χ1n) is 6.74. The van der Waals surface area contributed by atoms with Gasteiger partial charge in [-0.15, -0.1) is 0 Å². The van der Waals surface area contributed by atoms with Crippen molar-refractivity contribution in [2.45, 2.75) is 32.6 Å². The maximum Gasteiger partial charge on any atom is 0.224 e. The van der Waals surface area contributed by atoms with Gasteiger partial charge >= 0.3 is 0 Å². The number of aryl methyl sites for hydroxylation is 1. The van der Waals surface area contributed by atoms with Gasteiger partial charge in [0.05, 0.1) is 0 Å². The fraction of sp³-hybridized carbons (Fsp3) is 0.533. The fourth-order valence-corrected chi connectivity index (χ4v) is 2.37. The summed E-state index contributed by atoms with van der Waals surface area (Å²) in [4.78, 5) is 11.8. The van der Waals surface area contributed by atoms with Crippen LogP contribution in [0.1, 0.15) is 31.2 Å². The molecule has 1 aromatic carbocycles.